The summed E-state index contributed by atoms with van der Waals surface area (Å²) in [6.07, 6.45) is 0.765. The van der Waals surface area contributed by atoms with E-state index in [1.54, 1.807) is 6.92 Å². The van der Waals surface area contributed by atoms with Gasteiger partial charge in [0.1, 0.15) is 5.82 Å². The van der Waals surface area contributed by atoms with E-state index in [1.807, 2.05) is 0 Å². The first-order valence-corrected chi connectivity index (χ1v) is 5.48. The molecule has 1 amide bonds. The number of hydrogen-bond acceptors (Lipinski definition) is 3. The van der Waals surface area contributed by atoms with Gasteiger partial charge in [0.05, 0.1) is 5.56 Å². The van der Waals surface area contributed by atoms with Crippen molar-refractivity contribution in [2.75, 3.05) is 5.32 Å². The molecule has 0 aliphatic carbocycles. The number of anilines is 1. The lowest BCUT2D eigenvalue weighted by atomic mass is 10.1. The molecule has 0 saturated carbocycles. The summed E-state index contributed by atoms with van der Waals surface area (Å²) >= 11 is 0. The van der Waals surface area contributed by atoms with Crippen molar-refractivity contribution in [1.82, 2.24) is 0 Å². The van der Waals surface area contributed by atoms with Gasteiger partial charge in [-0.2, -0.15) is 0 Å². The number of halogens is 1. The lowest BCUT2D eigenvalue weighted by Crippen LogP contribution is -2.19. The molecule has 0 bridgehead atoms. The summed E-state index contributed by atoms with van der Waals surface area (Å²) in [5.74, 6) is -2.51. The van der Waals surface area contributed by atoms with Crippen molar-refractivity contribution in [1.29, 1.82) is 0 Å². The van der Waals surface area contributed by atoms with Gasteiger partial charge in [0.25, 0.3) is 0 Å². The van der Waals surface area contributed by atoms with E-state index in [2.05, 4.69) is 5.32 Å². The molecule has 98 valence electrons. The molecule has 1 unspecified atom stereocenters. The molecule has 0 aromatic heterocycles. The van der Waals surface area contributed by atoms with Crippen LogP contribution in [-0.4, -0.2) is 23.0 Å². The second-order valence-corrected chi connectivity index (χ2v) is 4.06. The van der Waals surface area contributed by atoms with Crippen LogP contribution in [0.5, 0.6) is 0 Å². The first kappa shape index (κ1) is 14.1. The van der Waals surface area contributed by atoms with Crippen LogP contribution in [0.4, 0.5) is 10.1 Å². The third-order valence-electron chi connectivity index (χ3n) is 2.31. The number of rotatable bonds is 5. The summed E-state index contributed by atoms with van der Waals surface area (Å²) in [5, 5.41) is 11.1. The number of hydrogen-bond donors (Lipinski definition) is 3. The molecule has 6 heteroatoms. The molecule has 18 heavy (non-hydrogen) atoms. The van der Waals surface area contributed by atoms with Gasteiger partial charge in [-0.15, -0.1) is 0 Å². The molecule has 1 atom stereocenters. The van der Waals surface area contributed by atoms with E-state index >= 15 is 0 Å². The number of nitrogens with two attached hydrogens (primary N) is 1. The molecule has 4 N–H and O–H groups in total. The highest BCUT2D eigenvalue weighted by molar-refractivity contribution is 5.92. The monoisotopic (exact) mass is 254 g/mol. The highest BCUT2D eigenvalue weighted by atomic mass is 19.1. The third kappa shape index (κ3) is 4.14. The number of aromatic carboxylic acids is 1. The van der Waals surface area contributed by atoms with Crippen LogP contribution in [0, 0.1) is 5.82 Å². The molecule has 1 aromatic rings. The van der Waals surface area contributed by atoms with Gasteiger partial charge in [-0.05, 0) is 31.5 Å². The Hall–Kier alpha value is -1.95. The fraction of sp³-hybridized carbons (Fsp3) is 0.333. The summed E-state index contributed by atoms with van der Waals surface area (Å²) in [5.41, 5.74) is 5.31. The predicted molar refractivity (Wildman–Crippen MR) is 64.9 cm³/mol. The molecule has 0 saturated heterocycles. The highest BCUT2D eigenvalue weighted by Gasteiger charge is 2.11. The van der Waals surface area contributed by atoms with Crippen LogP contribution >= 0.6 is 0 Å². The zero-order valence-electron chi connectivity index (χ0n) is 9.94. The van der Waals surface area contributed by atoms with Crippen LogP contribution in [-0.2, 0) is 4.79 Å². The Balaban J connectivity index is 2.66. The first-order valence-electron chi connectivity index (χ1n) is 5.48. The Morgan fingerprint density at radius 1 is 1.50 bits per heavy atom. The van der Waals surface area contributed by atoms with Crippen LogP contribution in [0.2, 0.25) is 0 Å². The fourth-order valence-corrected chi connectivity index (χ4v) is 1.35. The van der Waals surface area contributed by atoms with Crippen LogP contribution in [0.25, 0.3) is 0 Å². The first-order chi connectivity index (χ1) is 8.40. The summed E-state index contributed by atoms with van der Waals surface area (Å²) in [6, 6.07) is 3.35. The molecule has 0 aliphatic rings. The molecular weight excluding hydrogens is 239 g/mol. The maximum absolute atomic E-state index is 13.3. The van der Waals surface area contributed by atoms with Crippen molar-refractivity contribution in [3.63, 3.8) is 0 Å². The van der Waals surface area contributed by atoms with Crippen molar-refractivity contribution >= 4 is 17.6 Å². The molecule has 0 spiro atoms. The topological polar surface area (TPSA) is 92.4 Å². The summed E-state index contributed by atoms with van der Waals surface area (Å²) in [6.45, 7) is 1.79. The molecule has 0 aliphatic heterocycles. The van der Waals surface area contributed by atoms with Crippen molar-refractivity contribution in [3.8, 4) is 0 Å². The summed E-state index contributed by atoms with van der Waals surface area (Å²) in [4.78, 5) is 22.0. The number of nitrogens with one attached hydrogen (secondary N) is 1. The largest absolute Gasteiger partial charge is 0.478 e. The zero-order valence-corrected chi connectivity index (χ0v) is 9.94. The molecular formula is C12H15FN2O3. The average Bonchev–Trinajstić information content (AvgIpc) is 2.26. The van der Waals surface area contributed by atoms with Crippen molar-refractivity contribution in [3.05, 3.63) is 29.6 Å². The molecule has 0 fully saturated rings. The zero-order chi connectivity index (χ0) is 13.7. The Kier molecular flexibility index (Phi) is 4.79. The molecule has 0 heterocycles. The number of amides is 1. The minimum Gasteiger partial charge on any atom is -0.478 e. The van der Waals surface area contributed by atoms with E-state index < -0.39 is 17.3 Å². The van der Waals surface area contributed by atoms with Gasteiger partial charge in [0.15, 0.2) is 0 Å². The summed E-state index contributed by atoms with van der Waals surface area (Å²) in [7, 11) is 0. The van der Waals surface area contributed by atoms with Crippen LogP contribution in [0.3, 0.4) is 0 Å². The van der Waals surface area contributed by atoms with Gasteiger partial charge in [-0.1, -0.05) is 0 Å². The number of carboxylic acid groups (broad SMARTS) is 1. The summed E-state index contributed by atoms with van der Waals surface area (Å²) < 4.78 is 13.3. The lowest BCUT2D eigenvalue weighted by Gasteiger charge is -2.07. The Bertz CT molecular complexity index is 461. The van der Waals surface area contributed by atoms with Crippen LogP contribution in [0.15, 0.2) is 18.2 Å². The SMILES string of the molecule is CC(N)CCC(=O)Nc1ccc(C(=O)O)c(F)c1. The van der Waals surface area contributed by atoms with Gasteiger partial charge in [0, 0.05) is 18.2 Å². The predicted octanol–water partition coefficient (Wildman–Crippen LogP) is 1.59. The van der Waals surface area contributed by atoms with E-state index in [0.717, 1.165) is 12.1 Å². The number of carbonyl (C=O) groups is 2. The van der Waals surface area contributed by atoms with E-state index in [-0.39, 0.29) is 24.1 Å². The fourth-order valence-electron chi connectivity index (χ4n) is 1.35. The average molecular weight is 254 g/mol. The minimum atomic E-state index is -1.35. The molecule has 1 aromatic carbocycles. The number of carbonyl (C=O) groups excluding carboxylic acids is 1. The molecule has 5 nitrogen and oxygen atoms in total. The Morgan fingerprint density at radius 3 is 2.67 bits per heavy atom. The van der Waals surface area contributed by atoms with Crippen molar-refractivity contribution in [2.45, 2.75) is 25.8 Å². The minimum absolute atomic E-state index is 0.0816. The maximum Gasteiger partial charge on any atom is 0.338 e. The maximum atomic E-state index is 13.3. The smallest absolute Gasteiger partial charge is 0.338 e. The highest BCUT2D eigenvalue weighted by Crippen LogP contribution is 2.15. The second kappa shape index (κ2) is 6.11. The van der Waals surface area contributed by atoms with Gasteiger partial charge >= 0.3 is 5.97 Å². The Labute approximate surface area is 104 Å². The number of benzene rings is 1. The normalized spacial score (nSPS) is 11.9. The van der Waals surface area contributed by atoms with E-state index in [9.17, 15) is 14.0 Å². The third-order valence-corrected chi connectivity index (χ3v) is 2.31. The lowest BCUT2D eigenvalue weighted by molar-refractivity contribution is -0.116. The standard InChI is InChI=1S/C12H15FN2O3/c1-7(14)2-5-11(16)15-8-3-4-9(12(17)18)10(13)6-8/h3-4,6-7H,2,5,14H2,1H3,(H,15,16)(H,17,18). The van der Waals surface area contributed by atoms with Gasteiger partial charge in [-0.3, -0.25) is 4.79 Å². The Morgan fingerprint density at radius 2 is 2.17 bits per heavy atom. The van der Waals surface area contributed by atoms with Gasteiger partial charge < -0.3 is 16.2 Å². The van der Waals surface area contributed by atoms with Crippen molar-refractivity contribution < 1.29 is 19.1 Å². The van der Waals surface area contributed by atoms with Crippen molar-refractivity contribution in [2.24, 2.45) is 5.73 Å². The molecule has 0 radical (unpaired) electrons. The van der Waals surface area contributed by atoms with E-state index in [4.69, 9.17) is 10.8 Å². The second-order valence-electron chi connectivity index (χ2n) is 4.06. The van der Waals surface area contributed by atoms with E-state index in [1.165, 1.54) is 6.07 Å². The van der Waals surface area contributed by atoms with Gasteiger partial charge in [0.2, 0.25) is 5.91 Å². The van der Waals surface area contributed by atoms with E-state index in [0.29, 0.717) is 6.42 Å². The van der Waals surface area contributed by atoms with Crippen LogP contribution in [0.1, 0.15) is 30.1 Å². The quantitative estimate of drug-likeness (QED) is 0.744. The van der Waals surface area contributed by atoms with Crippen LogP contribution < -0.4 is 11.1 Å². The molecule has 1 rings (SSSR count). The van der Waals surface area contributed by atoms with Gasteiger partial charge in [-0.25, -0.2) is 9.18 Å². The number of carboxylic acids is 1.